The maximum atomic E-state index is 14.0. The zero-order valence-corrected chi connectivity index (χ0v) is 20.7. The topological polar surface area (TPSA) is 44.1 Å². The number of aromatic nitrogens is 2. The Morgan fingerprint density at radius 3 is 2.65 bits per heavy atom. The Kier molecular flexibility index (Phi) is 5.32. The lowest BCUT2D eigenvalue weighted by Crippen LogP contribution is -2.32. The van der Waals surface area contributed by atoms with Gasteiger partial charge in [-0.25, -0.2) is 4.98 Å². The average Bonchev–Trinajstić information content (AvgIpc) is 3.20. The molecule has 0 amide bonds. The number of thioether (sulfide) groups is 1. The molecule has 3 heterocycles. The van der Waals surface area contributed by atoms with Crippen molar-refractivity contribution in [3.8, 4) is 5.69 Å². The molecule has 0 unspecified atom stereocenters. The number of hydrogen-bond acceptors (Lipinski definition) is 5. The third-order valence-corrected chi connectivity index (χ3v) is 8.41. The van der Waals surface area contributed by atoms with E-state index >= 15 is 0 Å². The van der Waals surface area contributed by atoms with Crippen molar-refractivity contribution in [3.05, 3.63) is 99.2 Å². The van der Waals surface area contributed by atoms with Crippen LogP contribution in [0.5, 0.6) is 0 Å². The van der Waals surface area contributed by atoms with Gasteiger partial charge in [-0.2, -0.15) is 0 Å². The van der Waals surface area contributed by atoms with Crippen LogP contribution in [0.1, 0.15) is 29.9 Å². The Morgan fingerprint density at radius 1 is 1.03 bits per heavy atom. The molecule has 0 bridgehead atoms. The standard InChI is InChI=1S/C28H24N2O2S2/c1-28(2)15-22-23(16-32-28)34-25-24(22)26(31)30(20-12-4-3-5-13-20)27(29-25)33-17-19-11-8-10-18-9-6-7-14-21(18)19/h3-14H,15-17H2,1-2H3. The van der Waals surface area contributed by atoms with Crippen LogP contribution in [0, 0.1) is 0 Å². The van der Waals surface area contributed by atoms with Crippen LogP contribution in [0.4, 0.5) is 0 Å². The summed E-state index contributed by atoms with van der Waals surface area (Å²) in [5, 5.41) is 3.92. The molecule has 0 aliphatic carbocycles. The number of rotatable bonds is 4. The molecule has 6 rings (SSSR count). The predicted molar refractivity (Wildman–Crippen MR) is 141 cm³/mol. The summed E-state index contributed by atoms with van der Waals surface area (Å²) in [5.41, 5.74) is 2.90. The Labute approximate surface area is 206 Å². The first-order valence-corrected chi connectivity index (χ1v) is 13.2. The lowest BCUT2D eigenvalue weighted by Gasteiger charge is -2.29. The van der Waals surface area contributed by atoms with Crippen LogP contribution < -0.4 is 5.56 Å². The van der Waals surface area contributed by atoms with Gasteiger partial charge in [0.25, 0.3) is 5.56 Å². The van der Waals surface area contributed by atoms with Crippen molar-refractivity contribution < 1.29 is 4.74 Å². The highest BCUT2D eigenvalue weighted by atomic mass is 32.2. The molecule has 0 radical (unpaired) electrons. The highest BCUT2D eigenvalue weighted by molar-refractivity contribution is 7.98. The van der Waals surface area contributed by atoms with E-state index in [-0.39, 0.29) is 11.2 Å². The number of hydrogen-bond donors (Lipinski definition) is 0. The van der Waals surface area contributed by atoms with Crippen LogP contribution >= 0.6 is 23.1 Å². The largest absolute Gasteiger partial charge is 0.370 e. The van der Waals surface area contributed by atoms with E-state index in [1.54, 1.807) is 27.7 Å². The molecule has 0 fully saturated rings. The molecule has 2 aromatic heterocycles. The molecular formula is C28H24N2O2S2. The fourth-order valence-electron chi connectivity index (χ4n) is 4.64. The van der Waals surface area contributed by atoms with Gasteiger partial charge in [0.1, 0.15) is 4.83 Å². The van der Waals surface area contributed by atoms with Gasteiger partial charge >= 0.3 is 0 Å². The molecule has 34 heavy (non-hydrogen) atoms. The van der Waals surface area contributed by atoms with Crippen LogP contribution in [-0.4, -0.2) is 15.2 Å². The van der Waals surface area contributed by atoms with E-state index in [2.05, 4.69) is 56.3 Å². The molecule has 3 aromatic carbocycles. The van der Waals surface area contributed by atoms with Gasteiger partial charge in [-0.05, 0) is 47.9 Å². The molecular weight excluding hydrogens is 460 g/mol. The first kappa shape index (κ1) is 21.6. The number of thiophene rings is 1. The lowest BCUT2D eigenvalue weighted by molar-refractivity contribution is -0.0379. The summed E-state index contributed by atoms with van der Waals surface area (Å²) in [4.78, 5) is 21.0. The van der Waals surface area contributed by atoms with Gasteiger partial charge in [0.2, 0.25) is 0 Å². The zero-order valence-electron chi connectivity index (χ0n) is 19.1. The summed E-state index contributed by atoms with van der Waals surface area (Å²) in [6.07, 6.45) is 0.719. The summed E-state index contributed by atoms with van der Waals surface area (Å²) in [6.45, 7) is 4.70. The van der Waals surface area contributed by atoms with Crippen molar-refractivity contribution in [3.63, 3.8) is 0 Å². The van der Waals surface area contributed by atoms with Gasteiger partial charge < -0.3 is 4.74 Å². The number of fused-ring (bicyclic) bond motifs is 4. The molecule has 6 heteroatoms. The van der Waals surface area contributed by atoms with E-state index in [0.717, 1.165) is 43.7 Å². The van der Waals surface area contributed by atoms with Crippen LogP contribution in [0.15, 0.2) is 82.7 Å². The molecule has 1 aliphatic heterocycles. The Morgan fingerprint density at radius 2 is 1.79 bits per heavy atom. The number of benzene rings is 3. The third-order valence-electron chi connectivity index (χ3n) is 6.33. The zero-order chi connectivity index (χ0) is 23.3. The minimum atomic E-state index is -0.285. The van der Waals surface area contributed by atoms with Crippen LogP contribution in [0.3, 0.4) is 0 Å². The molecule has 0 saturated carbocycles. The van der Waals surface area contributed by atoms with Crippen molar-refractivity contribution in [2.24, 2.45) is 0 Å². The Bertz CT molecular complexity index is 1580. The van der Waals surface area contributed by atoms with Crippen LogP contribution in [0.2, 0.25) is 0 Å². The number of ether oxygens (including phenoxy) is 1. The summed E-state index contributed by atoms with van der Waals surface area (Å²) in [5.74, 6) is 0.730. The summed E-state index contributed by atoms with van der Waals surface area (Å²) < 4.78 is 7.81. The summed E-state index contributed by atoms with van der Waals surface area (Å²) in [7, 11) is 0. The quantitative estimate of drug-likeness (QED) is 0.209. The second-order valence-corrected chi connectivity index (χ2v) is 11.2. The van der Waals surface area contributed by atoms with Gasteiger partial charge in [0.05, 0.1) is 23.3 Å². The fourth-order valence-corrected chi connectivity index (χ4v) is 6.80. The molecule has 0 N–H and O–H groups in total. The molecule has 0 atom stereocenters. The van der Waals surface area contributed by atoms with Crippen LogP contribution in [0.25, 0.3) is 26.7 Å². The first-order chi connectivity index (χ1) is 16.5. The second-order valence-electron chi connectivity index (χ2n) is 9.21. The maximum Gasteiger partial charge on any atom is 0.267 e. The lowest BCUT2D eigenvalue weighted by atomic mass is 9.94. The maximum absolute atomic E-state index is 14.0. The number of para-hydroxylation sites is 1. The van der Waals surface area contributed by atoms with Gasteiger partial charge in [0.15, 0.2) is 5.16 Å². The Hall–Kier alpha value is -2.93. The van der Waals surface area contributed by atoms with Crippen molar-refractivity contribution >= 4 is 44.1 Å². The molecule has 0 saturated heterocycles. The second kappa shape index (κ2) is 8.38. The van der Waals surface area contributed by atoms with Crippen molar-refractivity contribution in [1.82, 2.24) is 9.55 Å². The SMILES string of the molecule is CC1(C)Cc2c(sc3nc(SCc4cccc5ccccc45)n(-c4ccccc4)c(=O)c23)CO1. The highest BCUT2D eigenvalue weighted by Gasteiger charge is 2.31. The minimum Gasteiger partial charge on any atom is -0.370 e. The van der Waals surface area contributed by atoms with E-state index in [1.807, 2.05) is 30.3 Å². The molecule has 5 aromatic rings. The third kappa shape index (κ3) is 3.76. The van der Waals surface area contributed by atoms with Gasteiger partial charge in [-0.15, -0.1) is 11.3 Å². The highest BCUT2D eigenvalue weighted by Crippen LogP contribution is 2.38. The van der Waals surface area contributed by atoms with Gasteiger partial charge in [-0.3, -0.25) is 9.36 Å². The summed E-state index contributed by atoms with van der Waals surface area (Å²) in [6, 6.07) is 24.6. The monoisotopic (exact) mass is 484 g/mol. The van der Waals surface area contributed by atoms with E-state index in [4.69, 9.17) is 9.72 Å². The predicted octanol–water partition coefficient (Wildman–Crippen LogP) is 6.74. The number of nitrogens with zero attached hydrogens (tertiary/aromatic N) is 2. The summed E-state index contributed by atoms with van der Waals surface area (Å²) >= 11 is 3.21. The molecule has 170 valence electrons. The van der Waals surface area contributed by atoms with E-state index in [9.17, 15) is 4.79 Å². The Balaban J connectivity index is 1.50. The smallest absolute Gasteiger partial charge is 0.267 e. The fraction of sp³-hybridized carbons (Fsp3) is 0.214. The average molecular weight is 485 g/mol. The van der Waals surface area contributed by atoms with Crippen molar-refractivity contribution in [1.29, 1.82) is 0 Å². The normalized spacial score (nSPS) is 15.0. The van der Waals surface area contributed by atoms with E-state index in [0.29, 0.717) is 6.61 Å². The molecule has 4 nitrogen and oxygen atoms in total. The van der Waals surface area contributed by atoms with Gasteiger partial charge in [-0.1, -0.05) is 72.4 Å². The van der Waals surface area contributed by atoms with E-state index < -0.39 is 0 Å². The molecule has 1 aliphatic rings. The first-order valence-electron chi connectivity index (χ1n) is 11.4. The minimum absolute atomic E-state index is 0.00631. The van der Waals surface area contributed by atoms with Crippen molar-refractivity contribution in [2.75, 3.05) is 0 Å². The van der Waals surface area contributed by atoms with Gasteiger partial charge in [0, 0.05) is 17.1 Å². The van der Waals surface area contributed by atoms with E-state index in [1.165, 1.54) is 16.3 Å². The molecule has 0 spiro atoms. The van der Waals surface area contributed by atoms with Crippen LogP contribution in [-0.2, 0) is 23.5 Å². The van der Waals surface area contributed by atoms with Crippen molar-refractivity contribution in [2.45, 2.75) is 43.4 Å².